The zero-order valence-corrected chi connectivity index (χ0v) is 9.69. The molecule has 1 fully saturated rings. The van der Waals surface area contributed by atoms with Crippen molar-refractivity contribution in [2.24, 2.45) is 5.41 Å². The van der Waals surface area contributed by atoms with E-state index in [-0.39, 0.29) is 12.5 Å². The average Bonchev–Trinajstić information content (AvgIpc) is 2.95. The van der Waals surface area contributed by atoms with Crippen molar-refractivity contribution in [3.63, 3.8) is 0 Å². The Morgan fingerprint density at radius 2 is 2.29 bits per heavy atom. The Hall–Kier alpha value is -1.90. The minimum atomic E-state index is -0.852. The number of hydrogen-bond donors (Lipinski definition) is 1. The van der Waals surface area contributed by atoms with Crippen molar-refractivity contribution in [2.45, 2.75) is 39.2 Å². The van der Waals surface area contributed by atoms with Gasteiger partial charge in [-0.1, -0.05) is 18.0 Å². The highest BCUT2D eigenvalue weighted by Gasteiger charge is 2.41. The number of nitriles is 1. The molecule has 0 atom stereocenters. The number of carbonyl (C=O) groups excluding carboxylic acids is 1. The number of aryl methyl sites for hydroxylation is 1. The summed E-state index contributed by atoms with van der Waals surface area (Å²) in [6, 6.07) is 2.14. The first-order valence-corrected chi connectivity index (χ1v) is 5.65. The molecule has 2 rings (SSSR count). The third-order valence-electron chi connectivity index (χ3n) is 3.08. The van der Waals surface area contributed by atoms with Crippen LogP contribution in [0.5, 0.6) is 0 Å². The second-order valence-electron chi connectivity index (χ2n) is 4.32. The molecule has 17 heavy (non-hydrogen) atoms. The molecular formula is C11H14N4O2. The lowest BCUT2D eigenvalue weighted by Gasteiger charge is -2.18. The van der Waals surface area contributed by atoms with Gasteiger partial charge in [-0.15, -0.1) is 0 Å². The first kappa shape index (κ1) is 11.6. The monoisotopic (exact) mass is 234 g/mol. The van der Waals surface area contributed by atoms with Gasteiger partial charge < -0.3 is 9.84 Å². The lowest BCUT2D eigenvalue weighted by atomic mass is 9.87. The zero-order valence-electron chi connectivity index (χ0n) is 9.69. The van der Waals surface area contributed by atoms with Crippen LogP contribution >= 0.6 is 0 Å². The number of nitrogens with one attached hydrogen (secondary N) is 1. The largest absolute Gasteiger partial charge is 0.346 e. The molecule has 0 unspecified atom stereocenters. The molecule has 6 heteroatoms. The number of hydrogen-bond acceptors (Lipinski definition) is 5. The van der Waals surface area contributed by atoms with E-state index in [4.69, 9.17) is 9.78 Å². The molecule has 0 aliphatic heterocycles. The van der Waals surface area contributed by atoms with Crippen LogP contribution in [0, 0.1) is 23.7 Å². The molecule has 90 valence electrons. The van der Waals surface area contributed by atoms with Crippen LogP contribution in [0.3, 0.4) is 0 Å². The molecule has 1 amide bonds. The Morgan fingerprint density at radius 1 is 1.59 bits per heavy atom. The fraction of sp³-hybridized carbons (Fsp3) is 0.636. The highest BCUT2D eigenvalue weighted by Crippen LogP contribution is 2.37. The maximum Gasteiger partial charge on any atom is 0.246 e. The highest BCUT2D eigenvalue weighted by atomic mass is 16.5. The Bertz CT molecular complexity index is 454. The second-order valence-corrected chi connectivity index (χ2v) is 4.32. The van der Waals surface area contributed by atoms with E-state index in [1.165, 1.54) is 0 Å². The summed E-state index contributed by atoms with van der Waals surface area (Å²) in [5.41, 5.74) is -0.852. The first-order valence-electron chi connectivity index (χ1n) is 5.65. The maximum atomic E-state index is 12.0. The van der Waals surface area contributed by atoms with Crippen LogP contribution < -0.4 is 5.32 Å². The van der Waals surface area contributed by atoms with E-state index in [2.05, 4.69) is 21.5 Å². The van der Waals surface area contributed by atoms with E-state index < -0.39 is 5.41 Å². The van der Waals surface area contributed by atoms with Gasteiger partial charge in [0.15, 0.2) is 5.82 Å². The van der Waals surface area contributed by atoms with Gasteiger partial charge in [-0.05, 0) is 19.8 Å². The standard InChI is InChI=1S/C11H14N4O2/c1-8-14-9(17-15-8)6-13-10(16)11(7-12)4-2-3-5-11/h2-6H2,1H3,(H,13,16). The summed E-state index contributed by atoms with van der Waals surface area (Å²) in [5.74, 6) is 0.667. The van der Waals surface area contributed by atoms with Crippen LogP contribution in [0.4, 0.5) is 0 Å². The van der Waals surface area contributed by atoms with Crippen LogP contribution in [0.1, 0.15) is 37.4 Å². The van der Waals surface area contributed by atoms with E-state index in [9.17, 15) is 4.79 Å². The summed E-state index contributed by atoms with van der Waals surface area (Å²) in [6.45, 7) is 1.89. The Balaban J connectivity index is 1.95. The molecule has 0 spiro atoms. The number of carbonyl (C=O) groups is 1. The molecule has 0 aromatic carbocycles. The first-order chi connectivity index (χ1) is 8.16. The van der Waals surface area contributed by atoms with Gasteiger partial charge in [-0.3, -0.25) is 4.79 Å². The quantitative estimate of drug-likeness (QED) is 0.844. The fourth-order valence-electron chi connectivity index (χ4n) is 2.11. The van der Waals surface area contributed by atoms with E-state index in [1.54, 1.807) is 6.92 Å². The maximum absolute atomic E-state index is 12.0. The smallest absolute Gasteiger partial charge is 0.246 e. The lowest BCUT2D eigenvalue weighted by Crippen LogP contribution is -2.37. The molecule has 1 heterocycles. The number of rotatable bonds is 3. The summed E-state index contributed by atoms with van der Waals surface area (Å²) >= 11 is 0. The van der Waals surface area contributed by atoms with Crippen LogP contribution in [0.2, 0.25) is 0 Å². The van der Waals surface area contributed by atoms with Crippen molar-refractivity contribution >= 4 is 5.91 Å². The number of nitrogens with zero attached hydrogens (tertiary/aromatic N) is 3. The molecule has 0 bridgehead atoms. The second kappa shape index (κ2) is 4.53. The molecule has 1 aromatic heterocycles. The summed E-state index contributed by atoms with van der Waals surface area (Å²) in [5, 5.41) is 15.4. The van der Waals surface area contributed by atoms with Crippen molar-refractivity contribution in [1.82, 2.24) is 15.5 Å². The van der Waals surface area contributed by atoms with Crippen molar-refractivity contribution in [3.8, 4) is 6.07 Å². The zero-order chi connectivity index (χ0) is 12.3. The molecule has 1 N–H and O–H groups in total. The van der Waals surface area contributed by atoms with Gasteiger partial charge in [0.1, 0.15) is 5.41 Å². The Kier molecular flexibility index (Phi) is 3.09. The van der Waals surface area contributed by atoms with Crippen molar-refractivity contribution in [2.75, 3.05) is 0 Å². The normalized spacial score (nSPS) is 17.6. The van der Waals surface area contributed by atoms with Gasteiger partial charge in [0, 0.05) is 0 Å². The molecule has 0 radical (unpaired) electrons. The van der Waals surface area contributed by atoms with Gasteiger partial charge in [-0.2, -0.15) is 10.2 Å². The molecule has 0 saturated heterocycles. The predicted octanol–water partition coefficient (Wildman–Crippen LogP) is 1.08. The molecular weight excluding hydrogens is 220 g/mol. The van der Waals surface area contributed by atoms with Crippen molar-refractivity contribution in [1.29, 1.82) is 5.26 Å². The minimum Gasteiger partial charge on any atom is -0.346 e. The van der Waals surface area contributed by atoms with Crippen LogP contribution in [0.25, 0.3) is 0 Å². The molecule has 1 aliphatic rings. The summed E-state index contributed by atoms with van der Waals surface area (Å²) in [4.78, 5) is 15.9. The van der Waals surface area contributed by atoms with E-state index in [0.29, 0.717) is 24.6 Å². The third kappa shape index (κ3) is 2.28. The SMILES string of the molecule is Cc1noc(CNC(=O)C2(C#N)CCCC2)n1. The molecule has 1 aliphatic carbocycles. The van der Waals surface area contributed by atoms with Gasteiger partial charge >= 0.3 is 0 Å². The fourth-order valence-corrected chi connectivity index (χ4v) is 2.11. The van der Waals surface area contributed by atoms with Crippen LogP contribution in [-0.4, -0.2) is 16.0 Å². The van der Waals surface area contributed by atoms with Gasteiger partial charge in [0.2, 0.25) is 11.8 Å². The Labute approximate surface area is 99.0 Å². The summed E-state index contributed by atoms with van der Waals surface area (Å²) < 4.78 is 4.89. The van der Waals surface area contributed by atoms with Crippen LogP contribution in [0.15, 0.2) is 4.52 Å². The molecule has 1 saturated carbocycles. The minimum absolute atomic E-state index is 0.184. The van der Waals surface area contributed by atoms with Crippen molar-refractivity contribution in [3.05, 3.63) is 11.7 Å². The third-order valence-corrected chi connectivity index (χ3v) is 3.08. The topological polar surface area (TPSA) is 91.8 Å². The van der Waals surface area contributed by atoms with Gasteiger partial charge in [0.05, 0.1) is 12.6 Å². The summed E-state index contributed by atoms with van der Waals surface area (Å²) in [6.07, 6.45) is 3.14. The van der Waals surface area contributed by atoms with Crippen molar-refractivity contribution < 1.29 is 9.32 Å². The van der Waals surface area contributed by atoms with E-state index >= 15 is 0 Å². The number of amides is 1. The van der Waals surface area contributed by atoms with Gasteiger partial charge in [-0.25, -0.2) is 0 Å². The van der Waals surface area contributed by atoms with Gasteiger partial charge in [0.25, 0.3) is 0 Å². The summed E-state index contributed by atoms with van der Waals surface area (Å²) in [7, 11) is 0. The van der Waals surface area contributed by atoms with E-state index in [0.717, 1.165) is 12.8 Å². The Morgan fingerprint density at radius 3 is 2.82 bits per heavy atom. The molecule has 1 aromatic rings. The predicted molar refractivity (Wildman–Crippen MR) is 57.4 cm³/mol. The highest BCUT2D eigenvalue weighted by molar-refractivity contribution is 5.85. The number of aromatic nitrogens is 2. The van der Waals surface area contributed by atoms with Crippen LogP contribution in [-0.2, 0) is 11.3 Å². The average molecular weight is 234 g/mol. The molecule has 6 nitrogen and oxygen atoms in total. The lowest BCUT2D eigenvalue weighted by molar-refractivity contribution is -0.128. The van der Waals surface area contributed by atoms with E-state index in [1.807, 2.05) is 0 Å².